The summed E-state index contributed by atoms with van der Waals surface area (Å²) in [5.41, 5.74) is 0. The zero-order chi connectivity index (χ0) is 10.3. The fourth-order valence-corrected chi connectivity index (χ4v) is 0.490. The van der Waals surface area contributed by atoms with Crippen molar-refractivity contribution in [1.82, 2.24) is 0 Å². The highest BCUT2D eigenvalue weighted by atomic mass is 16.6. The van der Waals surface area contributed by atoms with E-state index in [1.54, 1.807) is 6.92 Å². The van der Waals surface area contributed by atoms with Crippen LogP contribution in [0.3, 0.4) is 0 Å². The fourth-order valence-electron chi connectivity index (χ4n) is 0.490. The van der Waals surface area contributed by atoms with Crippen LogP contribution in [0.15, 0.2) is 12.2 Å². The number of hydrogen-bond acceptors (Lipinski definition) is 5. The summed E-state index contributed by atoms with van der Waals surface area (Å²) in [6, 6.07) is 0. The molecular formula is C8H12O5. The van der Waals surface area contributed by atoms with Crippen molar-refractivity contribution < 1.29 is 24.5 Å². The van der Waals surface area contributed by atoms with Crippen LogP contribution in [0.5, 0.6) is 0 Å². The van der Waals surface area contributed by atoms with E-state index < -0.39 is 11.9 Å². The Bertz CT molecular complexity index is 191. The predicted octanol–water partition coefficient (Wildman–Crippen LogP) is -0.624. The molecule has 0 spiro atoms. The van der Waals surface area contributed by atoms with Crippen LogP contribution in [0, 0.1) is 0 Å². The lowest BCUT2D eigenvalue weighted by atomic mass is 10.3. The Kier molecular flexibility index (Phi) is 5.75. The molecule has 13 heavy (non-hydrogen) atoms. The third-order valence-corrected chi connectivity index (χ3v) is 1.10. The van der Waals surface area contributed by atoms with Crippen LogP contribution < -0.4 is 0 Å². The topological polar surface area (TPSA) is 83.8 Å². The van der Waals surface area contributed by atoms with Gasteiger partial charge in [-0.05, 0) is 13.3 Å². The van der Waals surface area contributed by atoms with Crippen molar-refractivity contribution in [2.24, 2.45) is 0 Å². The Morgan fingerprint density at radius 2 is 1.85 bits per heavy atom. The van der Waals surface area contributed by atoms with Crippen LogP contribution in [0.4, 0.5) is 0 Å². The van der Waals surface area contributed by atoms with Gasteiger partial charge in [-0.1, -0.05) is 0 Å². The van der Waals surface area contributed by atoms with Gasteiger partial charge in [0.15, 0.2) is 0 Å². The third kappa shape index (κ3) is 7.17. The van der Waals surface area contributed by atoms with Gasteiger partial charge in [0.2, 0.25) is 0 Å². The van der Waals surface area contributed by atoms with E-state index in [-0.39, 0.29) is 12.7 Å². The average Bonchev–Trinajstić information content (AvgIpc) is 2.35. The Morgan fingerprint density at radius 1 is 1.38 bits per heavy atom. The summed E-state index contributed by atoms with van der Waals surface area (Å²) in [6.07, 6.45) is 2.31. The molecule has 0 radical (unpaired) electrons. The largest absolute Gasteiger partial charge is 0.396 e. The van der Waals surface area contributed by atoms with Crippen molar-refractivity contribution in [2.45, 2.75) is 19.4 Å². The maximum atomic E-state index is 9.92. The number of cyclic esters (lactones) is 2. The Balaban J connectivity index is 0.000000226. The molecule has 1 atom stereocenters. The van der Waals surface area contributed by atoms with Crippen LogP contribution in [-0.2, 0) is 14.3 Å². The molecule has 1 aliphatic heterocycles. The monoisotopic (exact) mass is 188 g/mol. The lowest BCUT2D eigenvalue weighted by Gasteiger charge is -1.95. The predicted molar refractivity (Wildman–Crippen MR) is 43.6 cm³/mol. The maximum absolute atomic E-state index is 9.92. The minimum absolute atomic E-state index is 0.0810. The van der Waals surface area contributed by atoms with Gasteiger partial charge in [0.1, 0.15) is 0 Å². The zero-order valence-corrected chi connectivity index (χ0v) is 7.27. The second-order valence-electron chi connectivity index (χ2n) is 2.43. The van der Waals surface area contributed by atoms with Gasteiger partial charge in [-0.25, -0.2) is 9.59 Å². The number of aliphatic hydroxyl groups excluding tert-OH is 2. The Labute approximate surface area is 75.6 Å². The van der Waals surface area contributed by atoms with Gasteiger partial charge in [-0.15, -0.1) is 0 Å². The van der Waals surface area contributed by atoms with E-state index in [1.807, 2.05) is 0 Å². The molecule has 0 aromatic heterocycles. The minimum Gasteiger partial charge on any atom is -0.396 e. The molecule has 0 aromatic carbocycles. The van der Waals surface area contributed by atoms with Crippen LogP contribution >= 0.6 is 0 Å². The first-order valence-corrected chi connectivity index (χ1v) is 3.79. The van der Waals surface area contributed by atoms with Gasteiger partial charge in [0.05, 0.1) is 6.10 Å². The van der Waals surface area contributed by atoms with E-state index >= 15 is 0 Å². The molecule has 1 rings (SSSR count). The average molecular weight is 188 g/mol. The molecule has 0 saturated heterocycles. The molecule has 2 N–H and O–H groups in total. The highest BCUT2D eigenvalue weighted by Gasteiger charge is 2.10. The summed E-state index contributed by atoms with van der Waals surface area (Å²) in [5.74, 6) is -1.16. The van der Waals surface area contributed by atoms with E-state index in [1.165, 1.54) is 0 Å². The Hall–Kier alpha value is -1.20. The van der Waals surface area contributed by atoms with Crippen molar-refractivity contribution in [3.63, 3.8) is 0 Å². The molecule has 74 valence electrons. The fraction of sp³-hybridized carbons (Fsp3) is 0.500. The van der Waals surface area contributed by atoms with Crippen molar-refractivity contribution in [3.8, 4) is 0 Å². The molecule has 1 heterocycles. The van der Waals surface area contributed by atoms with Crippen LogP contribution in [0.25, 0.3) is 0 Å². The number of carbonyl (C=O) groups is 2. The van der Waals surface area contributed by atoms with Crippen LogP contribution in [-0.4, -0.2) is 34.9 Å². The normalized spacial score (nSPS) is 16.2. The van der Waals surface area contributed by atoms with E-state index in [2.05, 4.69) is 4.74 Å². The molecule has 0 amide bonds. The number of rotatable bonds is 2. The smallest absolute Gasteiger partial charge is 0.338 e. The highest BCUT2D eigenvalue weighted by molar-refractivity contribution is 6.04. The second-order valence-corrected chi connectivity index (χ2v) is 2.43. The quantitative estimate of drug-likeness (QED) is 0.445. The van der Waals surface area contributed by atoms with Gasteiger partial charge < -0.3 is 14.9 Å². The van der Waals surface area contributed by atoms with Gasteiger partial charge in [-0.2, -0.15) is 0 Å². The summed E-state index contributed by atoms with van der Waals surface area (Å²) >= 11 is 0. The van der Waals surface area contributed by atoms with Crippen molar-refractivity contribution in [1.29, 1.82) is 0 Å². The molecule has 0 aromatic rings. The summed E-state index contributed by atoms with van der Waals surface area (Å²) in [4.78, 5) is 19.8. The minimum atomic E-state index is -0.579. The van der Waals surface area contributed by atoms with Gasteiger partial charge in [0, 0.05) is 18.8 Å². The number of carbonyl (C=O) groups excluding carboxylic acids is 2. The second kappa shape index (κ2) is 6.33. The standard InChI is InChI=1S/C4H2O3.C4H10O2/c5-3-1-2-4(6)7-3;1-4(6)2-3-5/h1-2H;4-6H,2-3H2,1H3. The number of ether oxygens (including phenoxy) is 1. The van der Waals surface area contributed by atoms with E-state index in [9.17, 15) is 9.59 Å². The maximum Gasteiger partial charge on any atom is 0.338 e. The summed E-state index contributed by atoms with van der Waals surface area (Å²) < 4.78 is 3.97. The first-order valence-electron chi connectivity index (χ1n) is 3.79. The number of aliphatic hydroxyl groups is 2. The lowest BCUT2D eigenvalue weighted by Crippen LogP contribution is -2.00. The van der Waals surface area contributed by atoms with E-state index in [0.717, 1.165) is 12.2 Å². The van der Waals surface area contributed by atoms with Crippen molar-refractivity contribution in [3.05, 3.63) is 12.2 Å². The van der Waals surface area contributed by atoms with E-state index in [4.69, 9.17) is 10.2 Å². The summed E-state index contributed by atoms with van der Waals surface area (Å²) in [6.45, 7) is 1.73. The Morgan fingerprint density at radius 3 is 1.92 bits per heavy atom. The zero-order valence-electron chi connectivity index (χ0n) is 7.27. The SMILES string of the molecule is CC(O)CCO.O=C1C=CC(=O)O1. The lowest BCUT2D eigenvalue weighted by molar-refractivity contribution is -0.150. The molecule has 1 unspecified atom stereocenters. The van der Waals surface area contributed by atoms with E-state index in [0.29, 0.717) is 6.42 Å². The molecule has 0 aliphatic carbocycles. The first-order chi connectivity index (χ1) is 6.06. The molecule has 1 aliphatic rings. The summed E-state index contributed by atoms with van der Waals surface area (Å²) in [5, 5.41) is 16.5. The molecule has 5 nitrogen and oxygen atoms in total. The highest BCUT2D eigenvalue weighted by Crippen LogP contribution is 1.92. The van der Waals surface area contributed by atoms with Crippen LogP contribution in [0.1, 0.15) is 13.3 Å². The van der Waals surface area contributed by atoms with Crippen molar-refractivity contribution in [2.75, 3.05) is 6.61 Å². The van der Waals surface area contributed by atoms with Crippen molar-refractivity contribution >= 4 is 11.9 Å². The first kappa shape index (κ1) is 11.8. The molecule has 5 heteroatoms. The molecule has 0 saturated carbocycles. The summed E-state index contributed by atoms with van der Waals surface area (Å²) in [7, 11) is 0. The van der Waals surface area contributed by atoms with Gasteiger partial charge >= 0.3 is 11.9 Å². The number of esters is 2. The van der Waals surface area contributed by atoms with Gasteiger partial charge in [-0.3, -0.25) is 0 Å². The number of hydrogen-bond donors (Lipinski definition) is 2. The molecular weight excluding hydrogens is 176 g/mol. The van der Waals surface area contributed by atoms with Gasteiger partial charge in [0.25, 0.3) is 0 Å². The van der Waals surface area contributed by atoms with Crippen LogP contribution in [0.2, 0.25) is 0 Å². The molecule has 0 bridgehead atoms. The molecule has 0 fully saturated rings. The third-order valence-electron chi connectivity index (χ3n) is 1.10.